The fourth-order valence-electron chi connectivity index (χ4n) is 2.11. The average molecular weight is 335 g/mol. The lowest BCUT2D eigenvalue weighted by molar-refractivity contribution is 0.241. The first-order valence-corrected chi connectivity index (χ1v) is 7.43. The third-order valence-electron chi connectivity index (χ3n) is 2.93. The maximum Gasteiger partial charge on any atom is 0.138 e. The molecule has 0 radical (unpaired) electrons. The van der Waals surface area contributed by atoms with E-state index in [1.807, 2.05) is 45.3 Å². The van der Waals surface area contributed by atoms with Gasteiger partial charge in [-0.15, -0.1) is 0 Å². The van der Waals surface area contributed by atoms with Crippen molar-refractivity contribution in [2.75, 3.05) is 7.05 Å². The number of hydrogen-bond acceptors (Lipinski definition) is 3. The molecule has 0 aliphatic carbocycles. The van der Waals surface area contributed by atoms with Crippen LogP contribution < -0.4 is 10.1 Å². The van der Waals surface area contributed by atoms with Crippen molar-refractivity contribution in [3.8, 4) is 5.75 Å². The summed E-state index contributed by atoms with van der Waals surface area (Å²) in [6.45, 7) is 4.02. The highest BCUT2D eigenvalue weighted by atomic mass is 79.9. The molecule has 3 nitrogen and oxygen atoms in total. The molecule has 0 aliphatic heterocycles. The minimum absolute atomic E-state index is 0.103. The van der Waals surface area contributed by atoms with E-state index in [1.165, 1.54) is 5.56 Å². The smallest absolute Gasteiger partial charge is 0.138 e. The summed E-state index contributed by atoms with van der Waals surface area (Å²) in [7, 11) is 1.95. The number of halogens is 1. The number of nitrogens with one attached hydrogen (secondary N) is 1. The predicted octanol–water partition coefficient (Wildman–Crippen LogP) is 3.94. The van der Waals surface area contributed by atoms with Crippen LogP contribution in [0.1, 0.15) is 31.0 Å². The topological polar surface area (TPSA) is 34.2 Å². The predicted molar refractivity (Wildman–Crippen MR) is 85.0 cm³/mol. The molecule has 0 spiro atoms. The largest absolute Gasteiger partial charge is 0.489 e. The van der Waals surface area contributed by atoms with E-state index in [4.69, 9.17) is 4.74 Å². The Bertz CT molecular complexity index is 555. The second-order valence-electron chi connectivity index (χ2n) is 4.89. The van der Waals surface area contributed by atoms with Crippen molar-refractivity contribution >= 4 is 15.9 Å². The Morgan fingerprint density at radius 2 is 1.80 bits per heavy atom. The van der Waals surface area contributed by atoms with Gasteiger partial charge < -0.3 is 10.1 Å². The van der Waals surface area contributed by atoms with E-state index in [2.05, 4.69) is 38.4 Å². The molecule has 1 N–H and O–H groups in total. The van der Waals surface area contributed by atoms with Crippen LogP contribution in [0.4, 0.5) is 0 Å². The number of ether oxygens (including phenoxy) is 1. The fraction of sp³-hybridized carbons (Fsp3) is 0.312. The number of aromatic nitrogens is 1. The Balaban J connectivity index is 2.29. The van der Waals surface area contributed by atoms with Gasteiger partial charge in [0, 0.05) is 10.7 Å². The normalized spacial score (nSPS) is 12.4. The summed E-state index contributed by atoms with van der Waals surface area (Å²) in [6, 6.07) is 10.4. The molecule has 1 atom stereocenters. The Kier molecular flexibility index (Phi) is 5.15. The van der Waals surface area contributed by atoms with Crippen LogP contribution in [0.25, 0.3) is 0 Å². The summed E-state index contributed by atoms with van der Waals surface area (Å²) in [4.78, 5) is 4.28. The molecule has 1 aromatic heterocycles. The summed E-state index contributed by atoms with van der Waals surface area (Å²) in [5.41, 5.74) is 2.28. The van der Waals surface area contributed by atoms with Crippen LogP contribution in [0.2, 0.25) is 0 Å². The van der Waals surface area contributed by atoms with Crippen LogP contribution in [-0.4, -0.2) is 18.1 Å². The van der Waals surface area contributed by atoms with E-state index >= 15 is 0 Å². The maximum atomic E-state index is 5.71. The molecule has 1 aromatic carbocycles. The minimum Gasteiger partial charge on any atom is -0.489 e. The lowest BCUT2D eigenvalue weighted by Crippen LogP contribution is -2.18. The highest BCUT2D eigenvalue weighted by Crippen LogP contribution is 2.25. The highest BCUT2D eigenvalue weighted by molar-refractivity contribution is 9.10. The molecular weight excluding hydrogens is 316 g/mol. The average Bonchev–Trinajstić information content (AvgIpc) is 2.41. The third-order valence-corrected chi connectivity index (χ3v) is 3.46. The number of nitrogens with zero attached hydrogens (tertiary/aromatic N) is 1. The molecule has 20 heavy (non-hydrogen) atoms. The van der Waals surface area contributed by atoms with Crippen molar-refractivity contribution in [1.29, 1.82) is 0 Å². The lowest BCUT2D eigenvalue weighted by atomic mass is 10.0. The Hall–Kier alpha value is -1.39. The molecular formula is C16H19BrN2O. The zero-order valence-electron chi connectivity index (χ0n) is 11.9. The lowest BCUT2D eigenvalue weighted by Gasteiger charge is -2.18. The van der Waals surface area contributed by atoms with Crippen molar-refractivity contribution in [2.24, 2.45) is 0 Å². The zero-order chi connectivity index (χ0) is 14.5. The molecule has 2 aromatic rings. The SMILES string of the molecule is CNC(c1ccc(Br)cc1)c1cncc(OC(C)C)c1. The van der Waals surface area contributed by atoms with E-state index in [0.717, 1.165) is 15.8 Å². The van der Waals surface area contributed by atoms with Gasteiger partial charge in [-0.05, 0) is 50.2 Å². The number of pyridine rings is 1. The Labute approximate surface area is 128 Å². The number of hydrogen-bond donors (Lipinski definition) is 1. The zero-order valence-corrected chi connectivity index (χ0v) is 13.5. The molecule has 106 valence electrons. The van der Waals surface area contributed by atoms with E-state index in [-0.39, 0.29) is 12.1 Å². The quantitative estimate of drug-likeness (QED) is 0.899. The highest BCUT2D eigenvalue weighted by Gasteiger charge is 2.13. The molecule has 0 amide bonds. The summed E-state index contributed by atoms with van der Waals surface area (Å²) < 4.78 is 6.78. The van der Waals surface area contributed by atoms with Gasteiger partial charge in [-0.25, -0.2) is 0 Å². The van der Waals surface area contributed by atoms with Crippen molar-refractivity contribution in [1.82, 2.24) is 10.3 Å². The van der Waals surface area contributed by atoms with E-state index < -0.39 is 0 Å². The third kappa shape index (κ3) is 3.81. The van der Waals surface area contributed by atoms with Crippen LogP contribution in [-0.2, 0) is 0 Å². The number of benzene rings is 1. The monoisotopic (exact) mass is 334 g/mol. The molecule has 0 fully saturated rings. The van der Waals surface area contributed by atoms with Gasteiger partial charge >= 0.3 is 0 Å². The van der Waals surface area contributed by atoms with Gasteiger partial charge in [-0.2, -0.15) is 0 Å². The molecule has 0 saturated heterocycles. The molecule has 2 rings (SSSR count). The van der Waals surface area contributed by atoms with E-state index in [1.54, 1.807) is 6.20 Å². The van der Waals surface area contributed by atoms with Crippen LogP contribution >= 0.6 is 15.9 Å². The van der Waals surface area contributed by atoms with Gasteiger partial charge in [0.2, 0.25) is 0 Å². The van der Waals surface area contributed by atoms with Gasteiger partial charge in [0.15, 0.2) is 0 Å². The van der Waals surface area contributed by atoms with Crippen molar-refractivity contribution in [2.45, 2.75) is 26.0 Å². The van der Waals surface area contributed by atoms with Crippen LogP contribution in [0.3, 0.4) is 0 Å². The van der Waals surface area contributed by atoms with Gasteiger partial charge in [0.1, 0.15) is 5.75 Å². The summed E-state index contributed by atoms with van der Waals surface area (Å²) in [5.74, 6) is 0.801. The molecule has 1 heterocycles. The van der Waals surface area contributed by atoms with E-state index in [0.29, 0.717) is 0 Å². The second-order valence-corrected chi connectivity index (χ2v) is 5.81. The standard InChI is InChI=1S/C16H19BrN2O/c1-11(2)20-15-8-13(9-19-10-15)16(18-3)12-4-6-14(17)7-5-12/h4-11,16,18H,1-3H3. The van der Waals surface area contributed by atoms with Crippen molar-refractivity contribution < 1.29 is 4.74 Å². The Morgan fingerprint density at radius 1 is 1.10 bits per heavy atom. The van der Waals surface area contributed by atoms with Crippen LogP contribution in [0, 0.1) is 0 Å². The second kappa shape index (κ2) is 6.86. The maximum absolute atomic E-state index is 5.71. The number of rotatable bonds is 5. The summed E-state index contributed by atoms with van der Waals surface area (Å²) in [6.07, 6.45) is 3.77. The van der Waals surface area contributed by atoms with E-state index in [9.17, 15) is 0 Å². The molecule has 4 heteroatoms. The summed E-state index contributed by atoms with van der Waals surface area (Å²) >= 11 is 3.46. The minimum atomic E-state index is 0.103. The van der Waals surface area contributed by atoms with Gasteiger partial charge in [-0.3, -0.25) is 4.98 Å². The first-order valence-electron chi connectivity index (χ1n) is 6.64. The molecule has 1 unspecified atom stereocenters. The first-order chi connectivity index (χ1) is 9.60. The molecule has 0 bridgehead atoms. The first kappa shape index (κ1) is 15.0. The van der Waals surface area contributed by atoms with Crippen molar-refractivity contribution in [3.63, 3.8) is 0 Å². The fourth-order valence-corrected chi connectivity index (χ4v) is 2.38. The van der Waals surface area contributed by atoms with Crippen LogP contribution in [0.5, 0.6) is 5.75 Å². The summed E-state index contributed by atoms with van der Waals surface area (Å²) in [5, 5.41) is 3.32. The van der Waals surface area contributed by atoms with Gasteiger partial charge in [-0.1, -0.05) is 28.1 Å². The van der Waals surface area contributed by atoms with Gasteiger partial charge in [0.05, 0.1) is 18.3 Å². The van der Waals surface area contributed by atoms with Crippen LogP contribution in [0.15, 0.2) is 47.2 Å². The molecule has 0 saturated carbocycles. The van der Waals surface area contributed by atoms with Gasteiger partial charge in [0.25, 0.3) is 0 Å². The Morgan fingerprint density at radius 3 is 2.40 bits per heavy atom. The van der Waals surface area contributed by atoms with Crippen molar-refractivity contribution in [3.05, 3.63) is 58.3 Å². The molecule has 0 aliphatic rings.